The number of nitrogens with one attached hydrogen (secondary N) is 2. The van der Waals surface area contributed by atoms with E-state index in [0.717, 1.165) is 31.7 Å². The van der Waals surface area contributed by atoms with Gasteiger partial charge in [0.15, 0.2) is 0 Å². The van der Waals surface area contributed by atoms with Gasteiger partial charge in [0.25, 0.3) is 0 Å². The van der Waals surface area contributed by atoms with E-state index in [4.69, 9.17) is 0 Å². The molecule has 2 rings (SSSR count). The molecular weight excluding hydrogens is 325 g/mol. The van der Waals surface area contributed by atoms with Crippen molar-refractivity contribution in [3.8, 4) is 0 Å². The Balaban J connectivity index is 2.39. The molecule has 0 radical (unpaired) electrons. The zero-order valence-corrected chi connectivity index (χ0v) is 16.2. The Bertz CT molecular complexity index is 580. The van der Waals surface area contributed by atoms with Crippen LogP contribution in [0.4, 0.5) is 10.1 Å². The molecule has 1 heterocycles. The van der Waals surface area contributed by atoms with Gasteiger partial charge in [-0.25, -0.2) is 13.3 Å². The Morgan fingerprint density at radius 3 is 2.42 bits per heavy atom. The van der Waals surface area contributed by atoms with Crippen LogP contribution in [-0.2, 0) is 11.0 Å². The van der Waals surface area contributed by atoms with E-state index in [0.29, 0.717) is 5.69 Å². The molecule has 136 valence electrons. The van der Waals surface area contributed by atoms with Gasteiger partial charge in [0, 0.05) is 32.2 Å². The second-order valence-corrected chi connectivity index (χ2v) is 9.63. The van der Waals surface area contributed by atoms with E-state index in [2.05, 4.69) is 28.8 Å². The van der Waals surface area contributed by atoms with Gasteiger partial charge in [0.1, 0.15) is 5.82 Å². The van der Waals surface area contributed by atoms with Crippen LogP contribution in [-0.4, -0.2) is 35.1 Å². The maximum atomic E-state index is 14.7. The van der Waals surface area contributed by atoms with Gasteiger partial charge in [-0.1, -0.05) is 26.0 Å². The van der Waals surface area contributed by atoms with Crippen molar-refractivity contribution in [1.82, 2.24) is 10.0 Å². The predicted octanol–water partition coefficient (Wildman–Crippen LogP) is 2.98. The topological polar surface area (TPSA) is 44.4 Å². The maximum Gasteiger partial charge on any atom is 0.146 e. The summed E-state index contributed by atoms with van der Waals surface area (Å²) in [5.74, 6) is -0.0110. The van der Waals surface area contributed by atoms with Gasteiger partial charge in [-0.2, -0.15) is 0 Å². The van der Waals surface area contributed by atoms with Crippen molar-refractivity contribution in [2.45, 2.75) is 45.4 Å². The molecule has 4 nitrogen and oxygen atoms in total. The summed E-state index contributed by atoms with van der Waals surface area (Å²) < 4.78 is 30.1. The Morgan fingerprint density at radius 1 is 1.25 bits per heavy atom. The molecule has 1 aromatic carbocycles. The van der Waals surface area contributed by atoms with Gasteiger partial charge in [-0.05, 0) is 38.3 Å². The summed E-state index contributed by atoms with van der Waals surface area (Å²) in [7, 11) is -1.21. The molecule has 0 unspecified atom stereocenters. The summed E-state index contributed by atoms with van der Waals surface area (Å²) in [5, 5.41) is 3.30. The van der Waals surface area contributed by atoms with Crippen LogP contribution in [0.15, 0.2) is 18.2 Å². The van der Waals surface area contributed by atoms with Gasteiger partial charge in [0.2, 0.25) is 0 Å². The second-order valence-electron chi connectivity index (χ2n) is 7.64. The lowest BCUT2D eigenvalue weighted by Crippen LogP contribution is -2.45. The van der Waals surface area contributed by atoms with Crippen LogP contribution in [0.5, 0.6) is 0 Å². The van der Waals surface area contributed by atoms with Crippen LogP contribution >= 0.6 is 0 Å². The molecule has 0 aliphatic carbocycles. The first kappa shape index (κ1) is 19.3. The molecule has 6 heteroatoms. The fourth-order valence-electron chi connectivity index (χ4n) is 2.86. The van der Waals surface area contributed by atoms with Gasteiger partial charge < -0.3 is 10.2 Å². The molecule has 1 saturated heterocycles. The van der Waals surface area contributed by atoms with Crippen molar-refractivity contribution in [2.75, 3.05) is 31.1 Å². The Morgan fingerprint density at radius 2 is 1.88 bits per heavy atom. The Kier molecular flexibility index (Phi) is 6.39. The molecule has 2 atom stereocenters. The number of rotatable bonds is 5. The minimum atomic E-state index is -1.21. The number of anilines is 1. The average Bonchev–Trinajstić information content (AvgIpc) is 2.51. The van der Waals surface area contributed by atoms with E-state index in [1.807, 2.05) is 26.8 Å². The minimum Gasteiger partial charge on any atom is -0.366 e. The SMILES string of the molecule is CC(C)[C@H](N[S@@](=O)C(C)(C)C)c1cccc(F)c1N1CCNCC1. The Labute approximate surface area is 147 Å². The molecule has 1 aromatic rings. The molecule has 0 bridgehead atoms. The monoisotopic (exact) mass is 355 g/mol. The molecule has 24 heavy (non-hydrogen) atoms. The van der Waals surface area contributed by atoms with Crippen LogP contribution < -0.4 is 14.9 Å². The van der Waals surface area contributed by atoms with Crippen LogP contribution in [0.3, 0.4) is 0 Å². The van der Waals surface area contributed by atoms with E-state index >= 15 is 0 Å². The lowest BCUT2D eigenvalue weighted by atomic mass is 9.94. The van der Waals surface area contributed by atoms with E-state index in [1.165, 1.54) is 6.07 Å². The molecule has 0 saturated carbocycles. The molecule has 1 fully saturated rings. The number of hydrogen-bond acceptors (Lipinski definition) is 3. The molecule has 0 aromatic heterocycles. The van der Waals surface area contributed by atoms with Crippen LogP contribution in [0, 0.1) is 11.7 Å². The summed E-state index contributed by atoms with van der Waals surface area (Å²) in [6.07, 6.45) is 0. The van der Waals surface area contributed by atoms with Gasteiger partial charge >= 0.3 is 0 Å². The van der Waals surface area contributed by atoms with Crippen molar-refractivity contribution in [3.63, 3.8) is 0 Å². The molecule has 0 spiro atoms. The summed E-state index contributed by atoms with van der Waals surface area (Å²) in [4.78, 5) is 2.10. The third-order valence-corrected chi connectivity index (χ3v) is 5.82. The van der Waals surface area contributed by atoms with Crippen molar-refractivity contribution >= 4 is 16.7 Å². The lowest BCUT2D eigenvalue weighted by molar-refractivity contribution is 0.467. The number of hydrogen-bond donors (Lipinski definition) is 2. The molecule has 1 aliphatic rings. The highest BCUT2D eigenvalue weighted by molar-refractivity contribution is 7.84. The van der Waals surface area contributed by atoms with E-state index < -0.39 is 11.0 Å². The van der Waals surface area contributed by atoms with Crippen LogP contribution in [0.1, 0.15) is 46.2 Å². The number of para-hydroxylation sites is 1. The van der Waals surface area contributed by atoms with E-state index in [9.17, 15) is 8.60 Å². The third kappa shape index (κ3) is 4.55. The molecule has 2 N–H and O–H groups in total. The van der Waals surface area contributed by atoms with Crippen molar-refractivity contribution in [3.05, 3.63) is 29.6 Å². The van der Waals surface area contributed by atoms with Crippen molar-refractivity contribution in [2.24, 2.45) is 5.92 Å². The average molecular weight is 356 g/mol. The highest BCUT2D eigenvalue weighted by Crippen LogP contribution is 2.34. The summed E-state index contributed by atoms with van der Waals surface area (Å²) >= 11 is 0. The zero-order valence-electron chi connectivity index (χ0n) is 15.4. The van der Waals surface area contributed by atoms with Crippen molar-refractivity contribution < 1.29 is 8.60 Å². The fourth-order valence-corrected chi connectivity index (χ4v) is 3.84. The fraction of sp³-hybridized carbons (Fsp3) is 0.667. The standard InChI is InChI=1S/C18H30FN3OS/c1-13(2)16(21-24(23)18(3,4)5)14-7-6-8-15(19)17(14)22-11-9-20-10-12-22/h6-8,13,16,20-21H,9-12H2,1-5H3/t16-,24-/m0/s1. The Hall–Kier alpha value is -0.980. The highest BCUT2D eigenvalue weighted by atomic mass is 32.2. The maximum absolute atomic E-state index is 14.7. The first-order valence-corrected chi connectivity index (χ1v) is 9.79. The van der Waals surface area contributed by atoms with Gasteiger partial charge in [0.05, 0.1) is 21.4 Å². The molecule has 0 amide bonds. The zero-order chi connectivity index (χ0) is 17.9. The summed E-state index contributed by atoms with van der Waals surface area (Å²) in [6.45, 7) is 13.2. The summed E-state index contributed by atoms with van der Waals surface area (Å²) in [5.41, 5.74) is 1.54. The smallest absolute Gasteiger partial charge is 0.146 e. The first-order chi connectivity index (χ1) is 11.2. The summed E-state index contributed by atoms with van der Waals surface area (Å²) in [6, 6.07) is 5.05. The van der Waals surface area contributed by atoms with E-state index in [-0.39, 0.29) is 22.5 Å². The first-order valence-electron chi connectivity index (χ1n) is 8.64. The number of piperazine rings is 1. The number of benzene rings is 1. The molecule has 1 aliphatic heterocycles. The molecular formula is C18H30FN3OS. The lowest BCUT2D eigenvalue weighted by Gasteiger charge is -2.35. The van der Waals surface area contributed by atoms with Crippen molar-refractivity contribution in [1.29, 1.82) is 0 Å². The van der Waals surface area contributed by atoms with Crippen LogP contribution in [0.25, 0.3) is 0 Å². The third-order valence-electron chi connectivity index (χ3n) is 4.24. The van der Waals surface area contributed by atoms with Crippen LogP contribution in [0.2, 0.25) is 0 Å². The normalized spacial score (nSPS) is 18.7. The quantitative estimate of drug-likeness (QED) is 0.853. The van der Waals surface area contributed by atoms with E-state index in [1.54, 1.807) is 6.07 Å². The largest absolute Gasteiger partial charge is 0.366 e. The second kappa shape index (κ2) is 7.93. The predicted molar refractivity (Wildman–Crippen MR) is 100 cm³/mol. The number of halogens is 1. The number of nitrogens with zero attached hydrogens (tertiary/aromatic N) is 1. The highest BCUT2D eigenvalue weighted by Gasteiger charge is 2.29. The van der Waals surface area contributed by atoms with Gasteiger partial charge in [-0.3, -0.25) is 0 Å². The minimum absolute atomic E-state index is 0.161. The van der Waals surface area contributed by atoms with Gasteiger partial charge in [-0.15, -0.1) is 0 Å².